The van der Waals surface area contributed by atoms with E-state index in [0.29, 0.717) is 0 Å². The van der Waals surface area contributed by atoms with Gasteiger partial charge in [-0.3, -0.25) is 0 Å². The van der Waals surface area contributed by atoms with Gasteiger partial charge < -0.3 is 10.2 Å². The van der Waals surface area contributed by atoms with Crippen molar-refractivity contribution < 1.29 is 4.42 Å². The fourth-order valence-electron chi connectivity index (χ4n) is 2.11. The van der Waals surface area contributed by atoms with Gasteiger partial charge in [0.2, 0.25) is 0 Å². The highest BCUT2D eigenvalue weighted by molar-refractivity contribution is 7.10. The van der Waals surface area contributed by atoms with Gasteiger partial charge in [-0.25, -0.2) is 4.98 Å². The number of nitrogens with two attached hydrogens (primary N) is 1. The maximum Gasteiger partial charge on any atom is 0.292 e. The molecule has 0 amide bonds. The lowest BCUT2D eigenvalue weighted by molar-refractivity contribution is 0.593. The van der Waals surface area contributed by atoms with Gasteiger partial charge in [-0.05, 0) is 31.2 Å². The molecule has 0 aromatic carbocycles. The van der Waals surface area contributed by atoms with E-state index in [9.17, 15) is 0 Å². The zero-order valence-corrected chi connectivity index (χ0v) is 9.14. The summed E-state index contributed by atoms with van der Waals surface area (Å²) in [6.07, 6.45) is 6.68. The van der Waals surface area contributed by atoms with Crippen LogP contribution in [0.2, 0.25) is 0 Å². The molecule has 4 heteroatoms. The summed E-state index contributed by atoms with van der Waals surface area (Å²) in [7, 11) is 0. The number of nitrogen functional groups attached to an aromatic ring is 1. The summed E-state index contributed by atoms with van der Waals surface area (Å²) in [5.41, 5.74) is 8.13. The predicted molar refractivity (Wildman–Crippen MR) is 60.9 cm³/mol. The van der Waals surface area contributed by atoms with Crippen molar-refractivity contribution in [2.75, 3.05) is 5.73 Å². The lowest BCUT2D eigenvalue weighted by atomic mass is 9.95. The number of oxazole rings is 1. The molecular formula is C11H12N2OS. The molecule has 1 aliphatic carbocycles. The van der Waals surface area contributed by atoms with Gasteiger partial charge in [-0.2, -0.15) is 0 Å². The predicted octanol–water partition coefficient (Wildman–Crippen LogP) is 2.86. The van der Waals surface area contributed by atoms with Gasteiger partial charge in [0.15, 0.2) is 5.76 Å². The molecule has 3 nitrogen and oxygen atoms in total. The number of anilines is 1. The van der Waals surface area contributed by atoms with Crippen molar-refractivity contribution in [3.63, 3.8) is 0 Å². The van der Waals surface area contributed by atoms with E-state index < -0.39 is 0 Å². The summed E-state index contributed by atoms with van der Waals surface area (Å²) < 4.78 is 5.37. The Morgan fingerprint density at radius 2 is 2.20 bits per heavy atom. The van der Waals surface area contributed by atoms with Crippen LogP contribution in [-0.2, 0) is 12.8 Å². The molecule has 78 valence electrons. The van der Waals surface area contributed by atoms with Crippen LogP contribution in [0.1, 0.15) is 23.3 Å². The Hall–Kier alpha value is -1.29. The molecule has 0 saturated heterocycles. The van der Waals surface area contributed by atoms with Gasteiger partial charge in [0.05, 0.1) is 6.20 Å². The number of aryl methyl sites for hydroxylation is 1. The molecule has 15 heavy (non-hydrogen) atoms. The average Bonchev–Trinajstić information content (AvgIpc) is 2.83. The van der Waals surface area contributed by atoms with E-state index in [-0.39, 0.29) is 6.01 Å². The van der Waals surface area contributed by atoms with Crippen molar-refractivity contribution >= 4 is 17.4 Å². The van der Waals surface area contributed by atoms with Crippen LogP contribution >= 0.6 is 11.3 Å². The first-order valence-electron chi connectivity index (χ1n) is 5.15. The molecule has 2 heterocycles. The number of thiophene rings is 1. The molecule has 1 aliphatic rings. The highest BCUT2D eigenvalue weighted by Gasteiger charge is 2.18. The molecule has 3 rings (SSSR count). The highest BCUT2D eigenvalue weighted by Crippen LogP contribution is 2.36. The Balaban J connectivity index is 2.08. The van der Waals surface area contributed by atoms with Crippen molar-refractivity contribution in [3.05, 3.63) is 22.0 Å². The van der Waals surface area contributed by atoms with Crippen LogP contribution in [-0.4, -0.2) is 4.98 Å². The maximum atomic E-state index is 5.49. The van der Waals surface area contributed by atoms with Gasteiger partial charge in [0.1, 0.15) is 0 Å². The van der Waals surface area contributed by atoms with Gasteiger partial charge in [0.25, 0.3) is 6.01 Å². The Morgan fingerprint density at radius 3 is 3.00 bits per heavy atom. The summed E-state index contributed by atoms with van der Waals surface area (Å²) in [5, 5.41) is 2.16. The Morgan fingerprint density at radius 1 is 1.33 bits per heavy atom. The van der Waals surface area contributed by atoms with Crippen LogP contribution in [0.4, 0.5) is 6.01 Å². The Bertz CT molecular complexity index is 486. The van der Waals surface area contributed by atoms with Gasteiger partial charge >= 0.3 is 0 Å². The monoisotopic (exact) mass is 220 g/mol. The summed E-state index contributed by atoms with van der Waals surface area (Å²) in [6.45, 7) is 0. The van der Waals surface area contributed by atoms with Gasteiger partial charge in [0, 0.05) is 15.8 Å². The van der Waals surface area contributed by atoms with Crippen LogP contribution in [0.3, 0.4) is 0 Å². The molecule has 2 N–H and O–H groups in total. The largest absolute Gasteiger partial charge is 0.424 e. The molecule has 0 bridgehead atoms. The molecule has 0 fully saturated rings. The third-order valence-corrected chi connectivity index (χ3v) is 3.94. The van der Waals surface area contributed by atoms with Crippen molar-refractivity contribution in [2.45, 2.75) is 25.7 Å². The minimum atomic E-state index is 0.251. The lowest BCUT2D eigenvalue weighted by Gasteiger charge is -2.11. The smallest absolute Gasteiger partial charge is 0.292 e. The molecule has 0 radical (unpaired) electrons. The van der Waals surface area contributed by atoms with E-state index in [4.69, 9.17) is 10.2 Å². The van der Waals surface area contributed by atoms with E-state index in [0.717, 1.165) is 12.2 Å². The number of fused-ring (bicyclic) bond motifs is 1. The number of hydrogen-bond acceptors (Lipinski definition) is 4. The van der Waals surface area contributed by atoms with E-state index in [1.807, 2.05) is 11.3 Å². The molecular weight excluding hydrogens is 208 g/mol. The lowest BCUT2D eigenvalue weighted by Crippen LogP contribution is -1.98. The van der Waals surface area contributed by atoms with E-state index in [1.54, 1.807) is 6.20 Å². The molecule has 0 saturated carbocycles. The standard InChI is InChI=1S/C11H12N2OS/c12-11-13-5-9(14-11)8-6-15-10-4-2-1-3-7(8)10/h5-6H,1-4H2,(H2,12,13). The topological polar surface area (TPSA) is 52.0 Å². The maximum absolute atomic E-state index is 5.49. The number of rotatable bonds is 1. The van der Waals surface area contributed by atoms with E-state index >= 15 is 0 Å². The molecule has 0 unspecified atom stereocenters. The second kappa shape index (κ2) is 3.38. The highest BCUT2D eigenvalue weighted by atomic mass is 32.1. The van der Waals surface area contributed by atoms with Crippen LogP contribution < -0.4 is 5.73 Å². The minimum Gasteiger partial charge on any atom is -0.424 e. The molecule has 2 aromatic rings. The normalized spacial score (nSPS) is 15.2. The van der Waals surface area contributed by atoms with Crippen molar-refractivity contribution in [1.29, 1.82) is 0 Å². The van der Waals surface area contributed by atoms with E-state index in [1.165, 1.54) is 35.3 Å². The minimum absolute atomic E-state index is 0.251. The number of nitrogens with zero attached hydrogens (tertiary/aromatic N) is 1. The third-order valence-electron chi connectivity index (χ3n) is 2.85. The number of aromatic nitrogens is 1. The van der Waals surface area contributed by atoms with Gasteiger partial charge in [-0.15, -0.1) is 11.3 Å². The Kier molecular flexibility index (Phi) is 2.02. The first kappa shape index (κ1) is 8.97. The molecule has 0 spiro atoms. The molecule has 0 aliphatic heterocycles. The fourth-order valence-corrected chi connectivity index (χ4v) is 3.25. The van der Waals surface area contributed by atoms with Crippen LogP contribution in [0, 0.1) is 0 Å². The van der Waals surface area contributed by atoms with Crippen LogP contribution in [0.5, 0.6) is 0 Å². The third kappa shape index (κ3) is 1.45. The quantitative estimate of drug-likeness (QED) is 0.804. The van der Waals surface area contributed by atoms with E-state index in [2.05, 4.69) is 10.4 Å². The first-order chi connectivity index (χ1) is 7.34. The van der Waals surface area contributed by atoms with Crippen LogP contribution in [0.25, 0.3) is 11.3 Å². The van der Waals surface area contributed by atoms with Crippen LogP contribution in [0.15, 0.2) is 16.0 Å². The zero-order valence-electron chi connectivity index (χ0n) is 8.32. The van der Waals surface area contributed by atoms with Crippen molar-refractivity contribution in [3.8, 4) is 11.3 Å². The summed E-state index contributed by atoms with van der Waals surface area (Å²) >= 11 is 1.83. The SMILES string of the molecule is Nc1ncc(-c2csc3c2CCCC3)o1. The number of hydrogen-bond donors (Lipinski definition) is 1. The summed E-state index contributed by atoms with van der Waals surface area (Å²) in [6, 6.07) is 0.251. The van der Waals surface area contributed by atoms with Crippen molar-refractivity contribution in [2.24, 2.45) is 0 Å². The van der Waals surface area contributed by atoms with Gasteiger partial charge in [-0.1, -0.05) is 0 Å². The summed E-state index contributed by atoms with van der Waals surface area (Å²) in [4.78, 5) is 5.44. The first-order valence-corrected chi connectivity index (χ1v) is 6.03. The average molecular weight is 220 g/mol. The second-order valence-electron chi connectivity index (χ2n) is 3.82. The molecule has 2 aromatic heterocycles. The second-order valence-corrected chi connectivity index (χ2v) is 4.79. The molecule has 0 atom stereocenters. The Labute approximate surface area is 91.9 Å². The van der Waals surface area contributed by atoms with Crippen molar-refractivity contribution in [1.82, 2.24) is 4.98 Å². The summed E-state index contributed by atoms with van der Waals surface area (Å²) in [5.74, 6) is 0.812. The zero-order chi connectivity index (χ0) is 10.3. The fraction of sp³-hybridized carbons (Fsp3) is 0.364.